The predicted octanol–water partition coefficient (Wildman–Crippen LogP) is 5.27. The van der Waals surface area contributed by atoms with Gasteiger partial charge in [0.1, 0.15) is 5.69 Å². The molecule has 0 N–H and O–H groups in total. The smallest absolute Gasteiger partial charge is 0.248 e. The number of likely N-dealkylation sites (tertiary alicyclic amines) is 1. The van der Waals surface area contributed by atoms with Gasteiger partial charge in [0.25, 0.3) is 0 Å². The standard InChI is InChI=1S/C28H39N3O4S/c1-6-24-11-7-8-15-31(24)28(32)23-10-9-14-30(18-23)36(33,34)27-22(5)29-35-26(27)13-12-25-20(3)16-19(2)17-21(25)4/h12-13,16-17,23-24H,6-11,14-15,18H2,1-5H3/b13-12+/t23-,24+/m1/s1. The fourth-order valence-electron chi connectivity index (χ4n) is 5.85. The van der Waals surface area contributed by atoms with Crippen LogP contribution in [0.2, 0.25) is 0 Å². The number of carbonyl (C=O) groups is 1. The van der Waals surface area contributed by atoms with Crippen molar-refractivity contribution in [3.05, 3.63) is 45.8 Å². The van der Waals surface area contributed by atoms with Gasteiger partial charge in [0.15, 0.2) is 10.7 Å². The summed E-state index contributed by atoms with van der Waals surface area (Å²) in [5, 5.41) is 3.99. The van der Waals surface area contributed by atoms with Gasteiger partial charge in [0, 0.05) is 25.7 Å². The van der Waals surface area contributed by atoms with Crippen LogP contribution in [0.4, 0.5) is 0 Å². The lowest BCUT2D eigenvalue weighted by molar-refractivity contribution is -0.140. The first kappa shape index (κ1) is 26.6. The van der Waals surface area contributed by atoms with E-state index in [9.17, 15) is 13.2 Å². The zero-order valence-electron chi connectivity index (χ0n) is 22.2. The van der Waals surface area contributed by atoms with E-state index in [0.29, 0.717) is 18.7 Å². The van der Waals surface area contributed by atoms with Crippen molar-refractivity contribution in [1.29, 1.82) is 0 Å². The van der Waals surface area contributed by atoms with E-state index in [1.54, 1.807) is 13.0 Å². The summed E-state index contributed by atoms with van der Waals surface area (Å²) >= 11 is 0. The summed E-state index contributed by atoms with van der Waals surface area (Å²) in [6.45, 7) is 11.3. The van der Waals surface area contributed by atoms with Crippen molar-refractivity contribution >= 4 is 28.1 Å². The molecule has 1 aromatic carbocycles. The van der Waals surface area contributed by atoms with Gasteiger partial charge in [0.05, 0.1) is 5.92 Å². The zero-order valence-corrected chi connectivity index (χ0v) is 23.0. The van der Waals surface area contributed by atoms with Gasteiger partial charge in [-0.25, -0.2) is 8.42 Å². The summed E-state index contributed by atoms with van der Waals surface area (Å²) in [6, 6.07) is 4.47. The Labute approximate surface area is 215 Å². The molecule has 7 nitrogen and oxygen atoms in total. The number of aromatic nitrogens is 1. The van der Waals surface area contributed by atoms with Crippen molar-refractivity contribution in [3.8, 4) is 0 Å². The van der Waals surface area contributed by atoms with Crippen LogP contribution in [0, 0.1) is 33.6 Å². The van der Waals surface area contributed by atoms with E-state index in [-0.39, 0.29) is 35.1 Å². The molecule has 2 atom stereocenters. The van der Waals surface area contributed by atoms with E-state index in [0.717, 1.165) is 55.3 Å². The van der Waals surface area contributed by atoms with Crippen molar-refractivity contribution in [2.24, 2.45) is 5.92 Å². The van der Waals surface area contributed by atoms with Crippen molar-refractivity contribution in [3.63, 3.8) is 0 Å². The third-order valence-corrected chi connectivity index (χ3v) is 9.71. The highest BCUT2D eigenvalue weighted by molar-refractivity contribution is 7.89. The number of hydrogen-bond donors (Lipinski definition) is 0. The Kier molecular flexibility index (Phi) is 8.05. The zero-order chi connectivity index (χ0) is 26.0. The average Bonchev–Trinajstić information content (AvgIpc) is 3.24. The van der Waals surface area contributed by atoms with Gasteiger partial charge in [-0.15, -0.1) is 0 Å². The lowest BCUT2D eigenvalue weighted by Gasteiger charge is -2.40. The molecule has 0 radical (unpaired) electrons. The summed E-state index contributed by atoms with van der Waals surface area (Å²) in [4.78, 5) is 15.5. The second kappa shape index (κ2) is 10.9. The van der Waals surface area contributed by atoms with Gasteiger partial charge in [-0.1, -0.05) is 35.9 Å². The molecular weight excluding hydrogens is 474 g/mol. The number of nitrogens with zero attached hydrogens (tertiary/aromatic N) is 3. The maximum atomic E-state index is 13.8. The van der Waals surface area contributed by atoms with E-state index < -0.39 is 10.0 Å². The Morgan fingerprint density at radius 1 is 1.06 bits per heavy atom. The van der Waals surface area contributed by atoms with Gasteiger partial charge in [-0.2, -0.15) is 4.31 Å². The number of piperidine rings is 2. The molecule has 8 heteroatoms. The van der Waals surface area contributed by atoms with Crippen molar-refractivity contribution in [2.75, 3.05) is 19.6 Å². The maximum Gasteiger partial charge on any atom is 0.248 e. The molecule has 2 fully saturated rings. The Balaban J connectivity index is 1.58. The highest BCUT2D eigenvalue weighted by Crippen LogP contribution is 2.31. The average molecular weight is 514 g/mol. The summed E-state index contributed by atoms with van der Waals surface area (Å²) in [5.74, 6) is 0.0222. The third kappa shape index (κ3) is 5.30. The highest BCUT2D eigenvalue weighted by Gasteiger charge is 2.39. The van der Waals surface area contributed by atoms with Crippen LogP contribution in [0.25, 0.3) is 12.2 Å². The molecule has 36 heavy (non-hydrogen) atoms. The lowest BCUT2D eigenvalue weighted by atomic mass is 9.93. The number of sulfonamides is 1. The Morgan fingerprint density at radius 2 is 1.78 bits per heavy atom. The van der Waals surface area contributed by atoms with Crippen LogP contribution in [-0.2, 0) is 14.8 Å². The van der Waals surface area contributed by atoms with E-state index in [1.165, 1.54) is 9.87 Å². The SMILES string of the molecule is CC[C@H]1CCCCN1C(=O)[C@@H]1CCCN(S(=O)(=O)c2c(C)noc2/C=C/c2c(C)cc(C)cc2C)C1. The molecule has 2 aliphatic heterocycles. The molecule has 196 valence electrons. The van der Waals surface area contributed by atoms with Crippen LogP contribution >= 0.6 is 0 Å². The first-order chi connectivity index (χ1) is 17.1. The van der Waals surface area contributed by atoms with E-state index in [2.05, 4.69) is 31.1 Å². The van der Waals surface area contributed by atoms with Gasteiger partial charge in [-0.3, -0.25) is 4.79 Å². The quantitative estimate of drug-likeness (QED) is 0.525. The second-order valence-electron chi connectivity index (χ2n) is 10.4. The van der Waals surface area contributed by atoms with Crippen molar-refractivity contribution in [2.45, 2.75) is 84.1 Å². The number of amides is 1. The molecule has 1 aromatic heterocycles. The van der Waals surface area contributed by atoms with Gasteiger partial charge >= 0.3 is 0 Å². The number of rotatable bonds is 6. The summed E-state index contributed by atoms with van der Waals surface area (Å²) < 4.78 is 34.6. The fraction of sp³-hybridized carbons (Fsp3) is 0.571. The molecule has 2 saturated heterocycles. The molecule has 0 aliphatic carbocycles. The Bertz CT molecular complexity index is 1220. The first-order valence-corrected chi connectivity index (χ1v) is 14.6. The molecule has 1 amide bonds. The molecule has 0 saturated carbocycles. The van der Waals surface area contributed by atoms with Crippen LogP contribution < -0.4 is 0 Å². The first-order valence-electron chi connectivity index (χ1n) is 13.2. The minimum Gasteiger partial charge on any atom is -0.355 e. The Hall–Kier alpha value is -2.45. The number of benzene rings is 1. The minimum absolute atomic E-state index is 0.0960. The maximum absolute atomic E-state index is 13.8. The van der Waals surface area contributed by atoms with Crippen LogP contribution in [-0.4, -0.2) is 54.4 Å². The second-order valence-corrected chi connectivity index (χ2v) is 12.3. The van der Waals surface area contributed by atoms with Gasteiger partial charge < -0.3 is 9.42 Å². The largest absolute Gasteiger partial charge is 0.355 e. The monoisotopic (exact) mass is 513 g/mol. The van der Waals surface area contributed by atoms with Crippen LogP contribution in [0.1, 0.15) is 79.2 Å². The number of hydrogen-bond acceptors (Lipinski definition) is 5. The predicted molar refractivity (Wildman–Crippen MR) is 142 cm³/mol. The molecule has 2 aromatic rings. The molecule has 0 bridgehead atoms. The number of aryl methyl sites for hydroxylation is 4. The normalized spacial score (nSPS) is 21.9. The molecular formula is C28H39N3O4S. The van der Waals surface area contributed by atoms with E-state index in [1.807, 2.05) is 24.8 Å². The van der Waals surface area contributed by atoms with Gasteiger partial charge in [-0.05, 0) is 89.0 Å². The van der Waals surface area contributed by atoms with Crippen LogP contribution in [0.15, 0.2) is 21.6 Å². The molecule has 4 rings (SSSR count). The lowest BCUT2D eigenvalue weighted by Crippen LogP contribution is -2.51. The summed E-state index contributed by atoms with van der Waals surface area (Å²) in [5.41, 5.74) is 4.79. The molecule has 0 unspecified atom stereocenters. The summed E-state index contributed by atoms with van der Waals surface area (Å²) in [7, 11) is -3.87. The van der Waals surface area contributed by atoms with Crippen LogP contribution in [0.3, 0.4) is 0 Å². The minimum atomic E-state index is -3.87. The van der Waals surface area contributed by atoms with Crippen LogP contribution in [0.5, 0.6) is 0 Å². The highest BCUT2D eigenvalue weighted by atomic mass is 32.2. The van der Waals surface area contributed by atoms with Crippen molar-refractivity contribution in [1.82, 2.24) is 14.4 Å². The molecule has 2 aliphatic rings. The molecule has 3 heterocycles. The van der Waals surface area contributed by atoms with Crippen molar-refractivity contribution < 1.29 is 17.7 Å². The number of carbonyl (C=O) groups excluding carboxylic acids is 1. The van der Waals surface area contributed by atoms with E-state index in [4.69, 9.17) is 4.52 Å². The summed E-state index contributed by atoms with van der Waals surface area (Å²) in [6.07, 6.45) is 9.13. The van der Waals surface area contributed by atoms with E-state index >= 15 is 0 Å². The molecule has 0 spiro atoms. The fourth-order valence-corrected chi connectivity index (χ4v) is 7.63. The Morgan fingerprint density at radius 3 is 2.47 bits per heavy atom. The topological polar surface area (TPSA) is 83.7 Å². The third-order valence-electron chi connectivity index (χ3n) is 7.69. The van der Waals surface area contributed by atoms with Gasteiger partial charge in [0.2, 0.25) is 15.9 Å².